The number of amides is 1. The number of aromatic nitrogens is 6. The Labute approximate surface area is 268 Å². The number of hydrogen-bond donors (Lipinski definition) is 0. The van der Waals surface area contributed by atoms with Crippen molar-refractivity contribution < 1.29 is 23.0 Å². The maximum Gasteiger partial charge on any atom is 0.319 e. The van der Waals surface area contributed by atoms with Crippen LogP contribution in [0, 0.1) is 31.0 Å². The number of pyridine rings is 2. The fourth-order valence-electron chi connectivity index (χ4n) is 5.77. The van der Waals surface area contributed by atoms with Crippen LogP contribution in [0.2, 0.25) is 0 Å². The quantitative estimate of drug-likeness (QED) is 0.217. The number of carbonyl (C=O) groups is 1. The SMILES string of the molecule is C=C(F)C(=O)N1CCN(c2nc(OCc3ncc(OC)c(C)n3)nc3c(F)c(-c4cncc5cccc(C)c45)ncc23)C[C@@H]1CC#N. The van der Waals surface area contributed by atoms with E-state index >= 15 is 4.39 Å². The number of ether oxygens (including phenoxy) is 2. The molecule has 0 N–H and O–H groups in total. The number of halogens is 2. The Hall–Kier alpha value is -5.84. The van der Waals surface area contributed by atoms with E-state index in [1.807, 2.05) is 25.1 Å². The average Bonchev–Trinajstić information content (AvgIpc) is 3.07. The Balaban J connectivity index is 1.46. The van der Waals surface area contributed by atoms with Crippen molar-refractivity contribution in [2.24, 2.45) is 0 Å². The highest BCUT2D eigenvalue weighted by Crippen LogP contribution is 2.36. The van der Waals surface area contributed by atoms with Crippen molar-refractivity contribution in [3.63, 3.8) is 0 Å². The Kier molecular flexibility index (Phi) is 8.53. The number of nitriles is 1. The van der Waals surface area contributed by atoms with E-state index in [0.717, 1.165) is 16.3 Å². The minimum Gasteiger partial charge on any atom is -0.493 e. The van der Waals surface area contributed by atoms with Crippen molar-refractivity contribution in [1.29, 1.82) is 5.26 Å². The molecule has 0 spiro atoms. The topological polar surface area (TPSA) is 143 Å². The van der Waals surface area contributed by atoms with Crippen molar-refractivity contribution >= 4 is 33.4 Å². The van der Waals surface area contributed by atoms with Gasteiger partial charge in [0, 0.05) is 49.2 Å². The predicted molar refractivity (Wildman–Crippen MR) is 169 cm³/mol. The van der Waals surface area contributed by atoms with Gasteiger partial charge in [0.15, 0.2) is 29.8 Å². The number of nitrogens with zero attached hydrogens (tertiary/aromatic N) is 9. The van der Waals surface area contributed by atoms with Crippen LogP contribution in [0.3, 0.4) is 0 Å². The first-order chi connectivity index (χ1) is 22.7. The van der Waals surface area contributed by atoms with E-state index < -0.39 is 23.6 Å². The van der Waals surface area contributed by atoms with Crippen molar-refractivity contribution in [3.05, 3.63) is 78.3 Å². The summed E-state index contributed by atoms with van der Waals surface area (Å²) in [5.41, 5.74) is 2.02. The predicted octanol–water partition coefficient (Wildman–Crippen LogP) is 4.79. The van der Waals surface area contributed by atoms with Gasteiger partial charge in [-0.15, -0.1) is 0 Å². The summed E-state index contributed by atoms with van der Waals surface area (Å²) in [6.07, 6.45) is 6.21. The van der Waals surface area contributed by atoms with Gasteiger partial charge >= 0.3 is 6.01 Å². The van der Waals surface area contributed by atoms with E-state index in [2.05, 4.69) is 42.6 Å². The molecule has 5 aromatic rings. The molecule has 1 aromatic carbocycles. The molecule has 0 aliphatic carbocycles. The Morgan fingerprint density at radius 3 is 2.70 bits per heavy atom. The van der Waals surface area contributed by atoms with E-state index in [0.29, 0.717) is 22.8 Å². The van der Waals surface area contributed by atoms with Crippen LogP contribution in [0.25, 0.3) is 32.9 Å². The number of carbonyl (C=O) groups excluding carboxylic acids is 1. The third kappa shape index (κ3) is 5.95. The summed E-state index contributed by atoms with van der Waals surface area (Å²) in [7, 11) is 1.52. The van der Waals surface area contributed by atoms with Gasteiger partial charge in [0.25, 0.3) is 5.91 Å². The van der Waals surface area contributed by atoms with Crippen LogP contribution in [-0.4, -0.2) is 73.5 Å². The second-order valence-electron chi connectivity index (χ2n) is 11.0. The molecule has 47 heavy (non-hydrogen) atoms. The highest BCUT2D eigenvalue weighted by molar-refractivity contribution is 6.00. The molecule has 0 radical (unpaired) electrons. The monoisotopic (exact) mass is 637 g/mol. The molecule has 5 heterocycles. The molecule has 0 saturated carbocycles. The van der Waals surface area contributed by atoms with Crippen molar-refractivity contribution in [2.75, 3.05) is 31.6 Å². The smallest absolute Gasteiger partial charge is 0.319 e. The van der Waals surface area contributed by atoms with Crippen LogP contribution >= 0.6 is 0 Å². The molecule has 6 rings (SSSR count). The van der Waals surface area contributed by atoms with Crippen LogP contribution in [-0.2, 0) is 11.4 Å². The molecule has 1 aliphatic rings. The van der Waals surface area contributed by atoms with E-state index in [9.17, 15) is 14.4 Å². The summed E-state index contributed by atoms with van der Waals surface area (Å²) in [6, 6.07) is 6.95. The largest absolute Gasteiger partial charge is 0.493 e. The highest BCUT2D eigenvalue weighted by Gasteiger charge is 2.33. The van der Waals surface area contributed by atoms with Crippen LogP contribution in [0.4, 0.5) is 14.6 Å². The van der Waals surface area contributed by atoms with Crippen LogP contribution in [0.1, 0.15) is 23.5 Å². The Morgan fingerprint density at radius 2 is 1.96 bits per heavy atom. The van der Waals surface area contributed by atoms with Gasteiger partial charge < -0.3 is 19.3 Å². The fraction of sp³-hybridized carbons (Fsp3) is 0.273. The molecular formula is C33H29F2N9O3. The molecule has 14 heteroatoms. The van der Waals surface area contributed by atoms with Gasteiger partial charge in [-0.05, 0) is 24.8 Å². The minimum atomic E-state index is -1.11. The maximum atomic E-state index is 16.7. The van der Waals surface area contributed by atoms with Gasteiger partial charge in [0.2, 0.25) is 0 Å². The van der Waals surface area contributed by atoms with Gasteiger partial charge in [-0.1, -0.05) is 24.8 Å². The molecule has 4 aromatic heterocycles. The molecule has 1 saturated heterocycles. The van der Waals surface area contributed by atoms with E-state index in [1.54, 1.807) is 24.2 Å². The highest BCUT2D eigenvalue weighted by atomic mass is 19.1. The van der Waals surface area contributed by atoms with Gasteiger partial charge in [0.1, 0.15) is 17.0 Å². The lowest BCUT2D eigenvalue weighted by Crippen LogP contribution is -2.55. The summed E-state index contributed by atoms with van der Waals surface area (Å²) in [5.74, 6) is -1.59. The van der Waals surface area contributed by atoms with Gasteiger partial charge in [-0.25, -0.2) is 18.7 Å². The lowest BCUT2D eigenvalue weighted by Gasteiger charge is -2.41. The first-order valence-electron chi connectivity index (χ1n) is 14.7. The lowest BCUT2D eigenvalue weighted by molar-refractivity contribution is -0.131. The number of hydrogen-bond acceptors (Lipinski definition) is 11. The number of anilines is 1. The summed E-state index contributed by atoms with van der Waals surface area (Å²) in [5, 5.41) is 11.4. The summed E-state index contributed by atoms with van der Waals surface area (Å²) < 4.78 is 41.6. The average molecular weight is 638 g/mol. The normalized spacial score (nSPS) is 14.7. The molecule has 238 valence electrons. The number of methoxy groups -OCH3 is 1. The summed E-state index contributed by atoms with van der Waals surface area (Å²) in [4.78, 5) is 42.1. The lowest BCUT2D eigenvalue weighted by atomic mass is 10.00. The van der Waals surface area contributed by atoms with Gasteiger partial charge in [-0.2, -0.15) is 15.2 Å². The van der Waals surface area contributed by atoms with Crippen molar-refractivity contribution in [1.82, 2.24) is 34.8 Å². The first kappa shape index (κ1) is 31.2. The van der Waals surface area contributed by atoms with Crippen LogP contribution < -0.4 is 14.4 Å². The van der Waals surface area contributed by atoms with Gasteiger partial charge in [0.05, 0.1) is 42.9 Å². The Bertz CT molecular complexity index is 2080. The van der Waals surface area contributed by atoms with Crippen molar-refractivity contribution in [3.8, 4) is 29.1 Å². The minimum absolute atomic E-state index is 0.0499. The molecule has 0 bridgehead atoms. The van der Waals surface area contributed by atoms with Gasteiger partial charge in [-0.3, -0.25) is 14.8 Å². The molecule has 1 fully saturated rings. The molecule has 1 aliphatic heterocycles. The molecule has 1 amide bonds. The zero-order valence-corrected chi connectivity index (χ0v) is 25.9. The second-order valence-corrected chi connectivity index (χ2v) is 11.0. The molecular weight excluding hydrogens is 608 g/mol. The third-order valence-corrected chi connectivity index (χ3v) is 8.03. The van der Waals surface area contributed by atoms with Crippen molar-refractivity contribution in [2.45, 2.75) is 32.9 Å². The standard InChI is InChI=1S/C33H29F2N9O3/c1-18-6-5-7-21-12-37-13-23(27(18)21)29-28(35)30-24(14-39-29)31(43-10-11-44(32(45)19(2)34)22(16-43)8-9-36)42-33(41-30)47-17-26-38-15-25(46-4)20(3)40-26/h5-7,12-15,22H,2,8,10-11,16-17H2,1,3-4H3/t22-/m0/s1. The summed E-state index contributed by atoms with van der Waals surface area (Å²) >= 11 is 0. The van der Waals surface area contributed by atoms with Crippen LogP contribution in [0.15, 0.2) is 55.4 Å². The van der Waals surface area contributed by atoms with Crippen LogP contribution in [0.5, 0.6) is 11.8 Å². The second kappa shape index (κ2) is 12.9. The number of fused-ring (bicyclic) bond motifs is 2. The molecule has 0 unspecified atom stereocenters. The third-order valence-electron chi connectivity index (χ3n) is 8.03. The fourth-order valence-corrected chi connectivity index (χ4v) is 5.77. The summed E-state index contributed by atoms with van der Waals surface area (Å²) in [6.45, 7) is 7.07. The van der Waals surface area contributed by atoms with E-state index in [-0.39, 0.29) is 61.1 Å². The zero-order chi connectivity index (χ0) is 33.2. The first-order valence-corrected chi connectivity index (χ1v) is 14.7. The van der Waals surface area contributed by atoms with E-state index in [1.165, 1.54) is 24.4 Å². The number of aryl methyl sites for hydroxylation is 2. The number of piperazine rings is 1. The Morgan fingerprint density at radius 1 is 1.13 bits per heavy atom. The molecule has 1 atom stereocenters. The zero-order valence-electron chi connectivity index (χ0n) is 25.9. The van der Waals surface area contributed by atoms with E-state index in [4.69, 9.17) is 9.47 Å². The number of benzene rings is 1. The maximum absolute atomic E-state index is 16.7. The molecule has 12 nitrogen and oxygen atoms in total. The number of rotatable bonds is 8.